The first-order valence-corrected chi connectivity index (χ1v) is 12.2. The van der Waals surface area contributed by atoms with Crippen molar-refractivity contribution >= 4 is 23.4 Å². The molecule has 0 radical (unpaired) electrons. The normalized spacial score (nSPS) is 19.6. The fraction of sp³-hybridized carbons (Fsp3) is 0.520. The number of ether oxygens (including phenoxy) is 1. The molecule has 5 rings (SSSR count). The van der Waals surface area contributed by atoms with Gasteiger partial charge in [0.05, 0.1) is 24.3 Å². The molecule has 10 nitrogen and oxygen atoms in total. The lowest BCUT2D eigenvalue weighted by molar-refractivity contribution is -0.140. The second-order valence-electron chi connectivity index (χ2n) is 9.61. The largest absolute Gasteiger partial charge is 0.378 e. The van der Waals surface area contributed by atoms with Crippen LogP contribution in [-0.4, -0.2) is 77.5 Å². The van der Waals surface area contributed by atoms with Crippen molar-refractivity contribution in [2.75, 3.05) is 43.6 Å². The Morgan fingerprint density at radius 2 is 1.86 bits per heavy atom. The van der Waals surface area contributed by atoms with Crippen LogP contribution in [0.15, 0.2) is 30.3 Å². The molecule has 3 amide bonds. The summed E-state index contributed by atoms with van der Waals surface area (Å²) in [6, 6.07) is 9.39. The SMILES string of the molecule is CC(O)N(C)C(=O)C1(c2cc(N3CCOCC3)nc(-c3ccc(NC(=O)NC4CC4)cc3)n2)CC1. The number of rotatable bonds is 7. The van der Waals surface area contributed by atoms with Gasteiger partial charge < -0.3 is 30.3 Å². The van der Waals surface area contributed by atoms with E-state index in [0.717, 1.165) is 24.2 Å². The highest BCUT2D eigenvalue weighted by atomic mass is 16.5. The number of nitrogens with one attached hydrogen (secondary N) is 2. The second kappa shape index (κ2) is 9.43. The molecule has 1 atom stereocenters. The van der Waals surface area contributed by atoms with Crippen LogP contribution in [0.5, 0.6) is 0 Å². The average molecular weight is 481 g/mol. The number of hydrogen-bond acceptors (Lipinski definition) is 7. The second-order valence-corrected chi connectivity index (χ2v) is 9.61. The maximum absolute atomic E-state index is 13.3. The van der Waals surface area contributed by atoms with Crippen LogP contribution < -0.4 is 15.5 Å². The van der Waals surface area contributed by atoms with E-state index in [1.807, 2.05) is 30.3 Å². The summed E-state index contributed by atoms with van der Waals surface area (Å²) in [7, 11) is 1.61. The number of carbonyl (C=O) groups excluding carboxylic acids is 2. The topological polar surface area (TPSA) is 120 Å². The van der Waals surface area contributed by atoms with Crippen molar-refractivity contribution in [2.45, 2.75) is 50.3 Å². The van der Waals surface area contributed by atoms with Gasteiger partial charge in [0.25, 0.3) is 0 Å². The van der Waals surface area contributed by atoms with E-state index in [4.69, 9.17) is 14.7 Å². The number of anilines is 2. The minimum absolute atomic E-state index is 0.133. The molecule has 1 aromatic carbocycles. The van der Waals surface area contributed by atoms with Gasteiger partial charge in [0, 0.05) is 43.5 Å². The summed E-state index contributed by atoms with van der Waals surface area (Å²) in [4.78, 5) is 38.5. The van der Waals surface area contributed by atoms with E-state index in [2.05, 4.69) is 15.5 Å². The molecule has 1 saturated heterocycles. The van der Waals surface area contributed by atoms with Gasteiger partial charge in [-0.2, -0.15) is 0 Å². The molecule has 1 aliphatic heterocycles. The minimum Gasteiger partial charge on any atom is -0.378 e. The number of aromatic nitrogens is 2. The Morgan fingerprint density at radius 1 is 1.17 bits per heavy atom. The van der Waals surface area contributed by atoms with Gasteiger partial charge >= 0.3 is 6.03 Å². The number of hydrogen-bond donors (Lipinski definition) is 3. The third kappa shape index (κ3) is 5.08. The number of nitrogens with zero attached hydrogens (tertiary/aromatic N) is 4. The summed E-state index contributed by atoms with van der Waals surface area (Å²) in [6.45, 7) is 4.24. The van der Waals surface area contributed by atoms with Gasteiger partial charge in [-0.1, -0.05) is 0 Å². The lowest BCUT2D eigenvalue weighted by atomic mass is 9.99. The Kier molecular flexibility index (Phi) is 6.33. The molecule has 2 saturated carbocycles. The zero-order valence-corrected chi connectivity index (χ0v) is 20.2. The Morgan fingerprint density at radius 3 is 2.46 bits per heavy atom. The molecule has 0 bridgehead atoms. The molecule has 2 aliphatic carbocycles. The molecular formula is C25H32N6O4. The number of aliphatic hydroxyl groups is 1. The van der Waals surface area contributed by atoms with Gasteiger partial charge in [-0.3, -0.25) is 4.79 Å². The van der Waals surface area contributed by atoms with Gasteiger partial charge in [-0.25, -0.2) is 14.8 Å². The zero-order valence-electron chi connectivity index (χ0n) is 20.2. The van der Waals surface area contributed by atoms with Gasteiger partial charge in [0.15, 0.2) is 5.82 Å². The number of amides is 3. The lowest BCUT2D eigenvalue weighted by Crippen LogP contribution is -2.42. The molecule has 10 heteroatoms. The molecular weight excluding hydrogens is 448 g/mol. The lowest BCUT2D eigenvalue weighted by Gasteiger charge is -2.30. The highest BCUT2D eigenvalue weighted by molar-refractivity contribution is 5.91. The fourth-order valence-electron chi connectivity index (χ4n) is 4.26. The number of likely N-dealkylation sites (N-methyl/N-ethyl adjacent to an activating group) is 1. The summed E-state index contributed by atoms with van der Waals surface area (Å²) in [6.07, 6.45) is 2.55. The van der Waals surface area contributed by atoms with Crippen LogP contribution in [-0.2, 0) is 14.9 Å². The molecule has 1 aromatic heterocycles. The number of aliphatic hydroxyl groups excluding tert-OH is 1. The highest BCUT2D eigenvalue weighted by Gasteiger charge is 2.54. The zero-order chi connectivity index (χ0) is 24.6. The van der Waals surface area contributed by atoms with Crippen LogP contribution in [0.4, 0.5) is 16.3 Å². The number of carbonyl (C=O) groups is 2. The van der Waals surface area contributed by atoms with Crippen molar-refractivity contribution in [1.29, 1.82) is 0 Å². The maximum Gasteiger partial charge on any atom is 0.319 e. The van der Waals surface area contributed by atoms with Crippen molar-refractivity contribution in [2.24, 2.45) is 0 Å². The van der Waals surface area contributed by atoms with Crippen LogP contribution in [0, 0.1) is 0 Å². The first kappa shape index (κ1) is 23.5. The van der Waals surface area contributed by atoms with Crippen LogP contribution in [0.1, 0.15) is 38.3 Å². The molecule has 186 valence electrons. The Balaban J connectivity index is 1.45. The van der Waals surface area contributed by atoms with E-state index >= 15 is 0 Å². The number of morpholine rings is 1. The van der Waals surface area contributed by atoms with E-state index in [-0.39, 0.29) is 18.0 Å². The summed E-state index contributed by atoms with van der Waals surface area (Å²) in [5.74, 6) is 1.15. The van der Waals surface area contributed by atoms with Gasteiger partial charge in [0.1, 0.15) is 12.0 Å². The van der Waals surface area contributed by atoms with E-state index < -0.39 is 11.6 Å². The molecule has 3 aliphatic rings. The van der Waals surface area contributed by atoms with Crippen LogP contribution in [0.25, 0.3) is 11.4 Å². The van der Waals surface area contributed by atoms with Gasteiger partial charge in [-0.15, -0.1) is 0 Å². The van der Waals surface area contributed by atoms with Crippen LogP contribution >= 0.6 is 0 Å². The summed E-state index contributed by atoms with van der Waals surface area (Å²) in [5.41, 5.74) is 1.41. The van der Waals surface area contributed by atoms with Crippen LogP contribution in [0.3, 0.4) is 0 Å². The van der Waals surface area contributed by atoms with Crippen molar-refractivity contribution in [1.82, 2.24) is 20.2 Å². The maximum atomic E-state index is 13.3. The Bertz CT molecular complexity index is 1090. The number of urea groups is 1. The molecule has 3 N–H and O–H groups in total. The third-order valence-corrected chi connectivity index (χ3v) is 6.89. The van der Waals surface area contributed by atoms with Gasteiger partial charge in [-0.05, 0) is 56.9 Å². The van der Waals surface area contributed by atoms with Crippen LogP contribution in [0.2, 0.25) is 0 Å². The third-order valence-electron chi connectivity index (χ3n) is 6.89. The standard InChI is InChI=1S/C25H32N6O4/c1-16(32)30(2)23(33)25(9-10-25)20-15-21(31-11-13-35-14-12-31)29-22(28-20)17-3-5-18(6-4-17)26-24(34)27-19-7-8-19/h3-6,15-16,19,32H,7-14H2,1-2H3,(H2,26,27,34). The first-order valence-electron chi connectivity index (χ1n) is 12.2. The monoisotopic (exact) mass is 480 g/mol. The number of benzene rings is 1. The molecule has 1 unspecified atom stereocenters. The fourth-order valence-corrected chi connectivity index (χ4v) is 4.26. The highest BCUT2D eigenvalue weighted by Crippen LogP contribution is 2.49. The van der Waals surface area contributed by atoms with Crippen molar-refractivity contribution in [3.05, 3.63) is 36.0 Å². The van der Waals surface area contributed by atoms with Crippen molar-refractivity contribution in [3.63, 3.8) is 0 Å². The van der Waals surface area contributed by atoms with Crippen molar-refractivity contribution < 1.29 is 19.4 Å². The van der Waals surface area contributed by atoms with E-state index in [9.17, 15) is 14.7 Å². The quantitative estimate of drug-likeness (QED) is 0.519. The minimum atomic E-state index is -0.878. The molecule has 2 heterocycles. The molecule has 3 fully saturated rings. The predicted octanol–water partition coefficient (Wildman–Crippen LogP) is 2.09. The molecule has 0 spiro atoms. The Hall–Kier alpha value is -3.24. The van der Waals surface area contributed by atoms with Gasteiger partial charge in [0.2, 0.25) is 5.91 Å². The average Bonchev–Trinajstić information content (AvgIpc) is 3.80. The Labute approximate surface area is 204 Å². The van der Waals surface area contributed by atoms with E-state index in [1.165, 1.54) is 4.90 Å². The van der Waals surface area contributed by atoms with E-state index in [0.29, 0.717) is 56.4 Å². The van der Waals surface area contributed by atoms with Crippen molar-refractivity contribution in [3.8, 4) is 11.4 Å². The summed E-state index contributed by atoms with van der Waals surface area (Å²) < 4.78 is 5.50. The predicted molar refractivity (Wildman–Crippen MR) is 131 cm³/mol. The smallest absolute Gasteiger partial charge is 0.319 e. The molecule has 35 heavy (non-hydrogen) atoms. The summed E-state index contributed by atoms with van der Waals surface area (Å²) in [5, 5.41) is 15.7. The first-order chi connectivity index (χ1) is 16.9. The molecule has 2 aromatic rings. The van der Waals surface area contributed by atoms with E-state index in [1.54, 1.807) is 14.0 Å². The summed E-state index contributed by atoms with van der Waals surface area (Å²) >= 11 is 0.